The van der Waals surface area contributed by atoms with Crippen molar-refractivity contribution in [2.45, 2.75) is 52.2 Å². The largest absolute Gasteiger partial charge is 0.481 e. The van der Waals surface area contributed by atoms with Crippen molar-refractivity contribution in [2.24, 2.45) is 0 Å². The van der Waals surface area contributed by atoms with E-state index in [2.05, 4.69) is 25.6 Å². The average molecular weight is 595 g/mol. The molecule has 4 rings (SSSR count). The van der Waals surface area contributed by atoms with E-state index >= 15 is 0 Å². The van der Waals surface area contributed by atoms with Crippen molar-refractivity contribution in [1.29, 1.82) is 0 Å². The molecule has 1 N–H and O–H groups in total. The third-order valence-corrected chi connectivity index (χ3v) is 6.20. The summed E-state index contributed by atoms with van der Waals surface area (Å²) in [5.41, 5.74) is 0.946. The van der Waals surface area contributed by atoms with Gasteiger partial charge in [-0.3, -0.25) is 14.5 Å². The van der Waals surface area contributed by atoms with Crippen LogP contribution in [0.15, 0.2) is 51.5 Å². The number of carbonyl (C=O) groups is 2. The minimum Gasteiger partial charge on any atom is -0.481 e. The standard InChI is InChI=1S/C30H35FN6O6/c1-7-24(41-21-11-8-19(9-12-21)26-33-29(17(2)3)42-35-26)30-34-27(36-43-30)20-10-13-22(23(31)14-20)28(39)32-18(4)16-40-25(38)15-37(5)6/h8-14,17-18,24H,7,15-16H2,1-6H3,(H,32,39)/t18-,24?/m1/s1. The highest BCUT2D eigenvalue weighted by Gasteiger charge is 2.22. The summed E-state index contributed by atoms with van der Waals surface area (Å²) in [7, 11) is 3.48. The Morgan fingerprint density at radius 1 is 0.953 bits per heavy atom. The maximum Gasteiger partial charge on any atom is 0.320 e. The molecule has 0 saturated carbocycles. The molecule has 228 valence electrons. The van der Waals surface area contributed by atoms with Gasteiger partial charge in [0.1, 0.15) is 18.2 Å². The van der Waals surface area contributed by atoms with Crippen molar-refractivity contribution in [3.8, 4) is 28.5 Å². The molecule has 0 saturated heterocycles. The topological polar surface area (TPSA) is 146 Å². The van der Waals surface area contributed by atoms with Crippen molar-refractivity contribution in [3.05, 3.63) is 65.6 Å². The van der Waals surface area contributed by atoms with Gasteiger partial charge in [-0.1, -0.05) is 37.2 Å². The van der Waals surface area contributed by atoms with Crippen LogP contribution in [0.2, 0.25) is 0 Å². The van der Waals surface area contributed by atoms with E-state index in [9.17, 15) is 14.0 Å². The Kier molecular flexibility index (Phi) is 10.2. The Morgan fingerprint density at radius 3 is 2.19 bits per heavy atom. The molecular weight excluding hydrogens is 559 g/mol. The van der Waals surface area contributed by atoms with E-state index in [0.29, 0.717) is 29.4 Å². The van der Waals surface area contributed by atoms with Crippen molar-refractivity contribution in [2.75, 3.05) is 27.2 Å². The second-order valence-electron chi connectivity index (χ2n) is 10.6. The lowest BCUT2D eigenvalue weighted by Gasteiger charge is -2.16. The van der Waals surface area contributed by atoms with E-state index in [1.165, 1.54) is 12.1 Å². The fourth-order valence-electron chi connectivity index (χ4n) is 3.93. The molecule has 0 aliphatic rings. The fraction of sp³-hybridized carbons (Fsp3) is 0.400. The first-order chi connectivity index (χ1) is 20.5. The van der Waals surface area contributed by atoms with Crippen LogP contribution >= 0.6 is 0 Å². The number of carbonyl (C=O) groups excluding carboxylic acids is 2. The molecule has 0 aliphatic heterocycles. The highest BCUT2D eigenvalue weighted by molar-refractivity contribution is 5.95. The molecule has 0 bridgehead atoms. The minimum absolute atomic E-state index is 0.0352. The van der Waals surface area contributed by atoms with Crippen LogP contribution in [0.5, 0.6) is 5.75 Å². The SMILES string of the molecule is CCC(Oc1ccc(-c2noc(C(C)C)n2)cc1)c1nc(-c2ccc(C(=O)N[C@H](C)COC(=O)CN(C)C)c(F)c2)no1. The fourth-order valence-corrected chi connectivity index (χ4v) is 3.93. The maximum absolute atomic E-state index is 14.9. The van der Waals surface area contributed by atoms with Gasteiger partial charge in [0.25, 0.3) is 11.8 Å². The first-order valence-corrected chi connectivity index (χ1v) is 13.9. The van der Waals surface area contributed by atoms with Crippen LogP contribution in [-0.4, -0.2) is 70.3 Å². The van der Waals surface area contributed by atoms with Crippen LogP contribution in [-0.2, 0) is 9.53 Å². The number of likely N-dealkylation sites (N-methyl/N-ethyl adjacent to an activating group) is 1. The van der Waals surface area contributed by atoms with E-state index in [-0.39, 0.29) is 36.3 Å². The first-order valence-electron chi connectivity index (χ1n) is 13.9. The van der Waals surface area contributed by atoms with Gasteiger partial charge in [-0.25, -0.2) is 4.39 Å². The molecule has 0 fully saturated rings. The smallest absolute Gasteiger partial charge is 0.320 e. The molecule has 4 aromatic rings. The molecule has 0 aliphatic carbocycles. The Morgan fingerprint density at radius 2 is 1.58 bits per heavy atom. The summed E-state index contributed by atoms with van der Waals surface area (Å²) in [6, 6.07) is 10.7. The van der Waals surface area contributed by atoms with Crippen molar-refractivity contribution >= 4 is 11.9 Å². The zero-order valence-corrected chi connectivity index (χ0v) is 25.0. The van der Waals surface area contributed by atoms with Gasteiger partial charge in [0, 0.05) is 17.0 Å². The number of aromatic nitrogens is 4. The van der Waals surface area contributed by atoms with Crippen LogP contribution in [0.4, 0.5) is 4.39 Å². The summed E-state index contributed by atoms with van der Waals surface area (Å²) in [4.78, 5) is 34.8. The summed E-state index contributed by atoms with van der Waals surface area (Å²) in [6.45, 7) is 7.61. The molecule has 0 radical (unpaired) electrons. The number of rotatable bonds is 13. The summed E-state index contributed by atoms with van der Waals surface area (Å²) in [6.07, 6.45) is -0.0183. The Bertz CT molecular complexity index is 1530. The number of amides is 1. The lowest BCUT2D eigenvalue weighted by molar-refractivity contribution is -0.144. The van der Waals surface area contributed by atoms with Crippen LogP contribution in [0.1, 0.15) is 68.3 Å². The quantitative estimate of drug-likeness (QED) is 0.213. The van der Waals surface area contributed by atoms with Gasteiger partial charge < -0.3 is 23.8 Å². The highest BCUT2D eigenvalue weighted by atomic mass is 19.1. The average Bonchev–Trinajstić information content (AvgIpc) is 3.66. The summed E-state index contributed by atoms with van der Waals surface area (Å²) >= 11 is 0. The van der Waals surface area contributed by atoms with Gasteiger partial charge >= 0.3 is 5.97 Å². The van der Waals surface area contributed by atoms with Crippen LogP contribution in [0.25, 0.3) is 22.8 Å². The molecule has 0 spiro atoms. The normalized spacial score (nSPS) is 12.8. The first kappa shape index (κ1) is 31.3. The van der Waals surface area contributed by atoms with E-state index in [1.807, 2.05) is 32.9 Å². The number of hydrogen-bond donors (Lipinski definition) is 1. The third kappa shape index (κ3) is 8.22. The van der Waals surface area contributed by atoms with E-state index in [1.54, 1.807) is 38.1 Å². The molecule has 13 heteroatoms. The van der Waals surface area contributed by atoms with Crippen LogP contribution < -0.4 is 10.1 Å². The van der Waals surface area contributed by atoms with Crippen molar-refractivity contribution in [1.82, 2.24) is 30.5 Å². The van der Waals surface area contributed by atoms with Gasteiger partial charge in [0.2, 0.25) is 17.5 Å². The lowest BCUT2D eigenvalue weighted by Crippen LogP contribution is -2.37. The van der Waals surface area contributed by atoms with Gasteiger partial charge in [-0.15, -0.1) is 0 Å². The molecule has 12 nitrogen and oxygen atoms in total. The molecule has 2 aromatic carbocycles. The van der Waals surface area contributed by atoms with E-state index < -0.39 is 29.8 Å². The second-order valence-corrected chi connectivity index (χ2v) is 10.6. The van der Waals surface area contributed by atoms with Crippen LogP contribution in [0, 0.1) is 5.82 Å². The molecule has 2 heterocycles. The predicted octanol–water partition coefficient (Wildman–Crippen LogP) is 4.80. The summed E-state index contributed by atoms with van der Waals surface area (Å²) in [5, 5.41) is 10.6. The van der Waals surface area contributed by atoms with Gasteiger partial charge in [0.05, 0.1) is 18.2 Å². The maximum atomic E-state index is 14.9. The van der Waals surface area contributed by atoms with Crippen molar-refractivity contribution < 1.29 is 32.5 Å². The molecule has 1 unspecified atom stereocenters. The molecule has 1 amide bonds. The van der Waals surface area contributed by atoms with E-state index in [0.717, 1.165) is 11.6 Å². The summed E-state index contributed by atoms with van der Waals surface area (Å²) in [5.74, 6) is 0.323. The van der Waals surface area contributed by atoms with Gasteiger partial charge in [-0.05, 0) is 63.8 Å². The zero-order chi connectivity index (χ0) is 31.1. The number of ether oxygens (including phenoxy) is 2. The number of halogens is 1. The van der Waals surface area contributed by atoms with Crippen molar-refractivity contribution in [3.63, 3.8) is 0 Å². The number of nitrogens with one attached hydrogen (secondary N) is 1. The van der Waals surface area contributed by atoms with E-state index in [4.69, 9.17) is 18.5 Å². The molecule has 2 aromatic heterocycles. The third-order valence-electron chi connectivity index (χ3n) is 6.20. The highest BCUT2D eigenvalue weighted by Crippen LogP contribution is 2.28. The Hall–Kier alpha value is -4.65. The number of nitrogens with zero attached hydrogens (tertiary/aromatic N) is 5. The second kappa shape index (κ2) is 14.0. The molecule has 2 atom stereocenters. The molecular formula is C30H35FN6O6. The number of benzene rings is 2. The lowest BCUT2D eigenvalue weighted by atomic mass is 10.1. The summed E-state index contributed by atoms with van der Waals surface area (Å²) < 4.78 is 36.8. The Labute approximate surface area is 248 Å². The number of esters is 1. The minimum atomic E-state index is -0.761. The molecule has 43 heavy (non-hydrogen) atoms. The monoisotopic (exact) mass is 594 g/mol. The predicted molar refractivity (Wildman–Crippen MR) is 154 cm³/mol. The zero-order valence-electron chi connectivity index (χ0n) is 25.0. The Balaban J connectivity index is 1.37. The van der Waals surface area contributed by atoms with Crippen LogP contribution in [0.3, 0.4) is 0 Å². The van der Waals surface area contributed by atoms with Gasteiger partial charge in [0.15, 0.2) is 6.10 Å². The van der Waals surface area contributed by atoms with Gasteiger partial charge in [-0.2, -0.15) is 9.97 Å². The number of hydrogen-bond acceptors (Lipinski definition) is 11.